The van der Waals surface area contributed by atoms with Crippen molar-refractivity contribution in [1.29, 1.82) is 0 Å². The SMILES string of the molecule is Nc1nc(Cl)c(Br)cc1-c1ccc2c(c1)CCNC2=O. The van der Waals surface area contributed by atoms with Gasteiger partial charge in [-0.1, -0.05) is 23.7 Å². The molecule has 1 aromatic heterocycles. The highest BCUT2D eigenvalue weighted by atomic mass is 79.9. The lowest BCUT2D eigenvalue weighted by Crippen LogP contribution is -2.31. The van der Waals surface area contributed by atoms with E-state index >= 15 is 0 Å². The minimum absolute atomic E-state index is 0.0267. The maximum Gasteiger partial charge on any atom is 0.251 e. The summed E-state index contributed by atoms with van der Waals surface area (Å²) in [6.07, 6.45) is 0.816. The summed E-state index contributed by atoms with van der Waals surface area (Å²) in [7, 11) is 0. The number of nitrogens with one attached hydrogen (secondary N) is 1. The number of benzene rings is 1. The normalized spacial score (nSPS) is 13.8. The molecule has 0 saturated heterocycles. The molecule has 3 rings (SSSR count). The van der Waals surface area contributed by atoms with Gasteiger partial charge in [0.25, 0.3) is 5.91 Å². The molecule has 0 atom stereocenters. The Morgan fingerprint density at radius 1 is 1.30 bits per heavy atom. The number of nitrogen functional groups attached to an aromatic ring is 1. The van der Waals surface area contributed by atoms with Crippen LogP contribution >= 0.6 is 27.5 Å². The molecular formula is C14H11BrClN3O. The van der Waals surface area contributed by atoms with Crippen LogP contribution in [0.5, 0.6) is 0 Å². The Morgan fingerprint density at radius 2 is 2.10 bits per heavy atom. The van der Waals surface area contributed by atoms with Gasteiger partial charge in [0.2, 0.25) is 0 Å². The van der Waals surface area contributed by atoms with Crippen LogP contribution in [0.3, 0.4) is 0 Å². The van der Waals surface area contributed by atoms with E-state index in [1.54, 1.807) is 0 Å². The standard InChI is InChI=1S/C14H11BrClN3O/c15-11-6-10(13(17)19-12(11)16)7-1-2-9-8(5-7)3-4-18-14(9)20/h1-2,5-6H,3-4H2,(H2,17,19)(H,18,20). The molecule has 1 aliphatic heterocycles. The topological polar surface area (TPSA) is 68.0 Å². The van der Waals surface area contributed by atoms with E-state index in [0.29, 0.717) is 22.0 Å². The molecule has 6 heteroatoms. The number of amides is 1. The molecule has 4 nitrogen and oxygen atoms in total. The molecule has 0 fully saturated rings. The number of nitrogens with zero attached hydrogens (tertiary/aromatic N) is 1. The van der Waals surface area contributed by atoms with Crippen molar-refractivity contribution >= 4 is 39.3 Å². The fourth-order valence-electron chi connectivity index (χ4n) is 2.31. The second-order valence-electron chi connectivity index (χ2n) is 4.57. The van der Waals surface area contributed by atoms with Crippen molar-refractivity contribution in [1.82, 2.24) is 10.3 Å². The third-order valence-electron chi connectivity index (χ3n) is 3.30. The van der Waals surface area contributed by atoms with Crippen LogP contribution < -0.4 is 11.1 Å². The Bertz CT molecular complexity index is 718. The number of pyridine rings is 1. The van der Waals surface area contributed by atoms with Gasteiger partial charge in [0.1, 0.15) is 11.0 Å². The number of nitrogens with two attached hydrogens (primary N) is 1. The van der Waals surface area contributed by atoms with Crippen molar-refractivity contribution in [2.75, 3.05) is 12.3 Å². The second-order valence-corrected chi connectivity index (χ2v) is 5.78. The van der Waals surface area contributed by atoms with E-state index in [1.807, 2.05) is 24.3 Å². The monoisotopic (exact) mass is 351 g/mol. The van der Waals surface area contributed by atoms with Crippen LogP contribution in [0.25, 0.3) is 11.1 Å². The molecule has 2 aromatic rings. The summed E-state index contributed by atoms with van der Waals surface area (Å²) < 4.78 is 0.693. The zero-order chi connectivity index (χ0) is 14.3. The summed E-state index contributed by atoms with van der Waals surface area (Å²) >= 11 is 9.26. The number of hydrogen-bond donors (Lipinski definition) is 2. The van der Waals surface area contributed by atoms with Crippen LogP contribution in [0.4, 0.5) is 5.82 Å². The highest BCUT2D eigenvalue weighted by molar-refractivity contribution is 9.10. The first kappa shape index (κ1) is 13.4. The molecule has 0 unspecified atom stereocenters. The number of aromatic nitrogens is 1. The molecule has 102 valence electrons. The first-order valence-electron chi connectivity index (χ1n) is 6.09. The number of anilines is 1. The molecule has 0 radical (unpaired) electrons. The van der Waals surface area contributed by atoms with Crippen LogP contribution in [-0.4, -0.2) is 17.4 Å². The molecule has 1 amide bonds. The minimum Gasteiger partial charge on any atom is -0.383 e. The highest BCUT2D eigenvalue weighted by Gasteiger charge is 2.18. The molecule has 0 aliphatic carbocycles. The van der Waals surface area contributed by atoms with E-state index in [-0.39, 0.29) is 5.91 Å². The molecular weight excluding hydrogens is 342 g/mol. The molecule has 1 aliphatic rings. The largest absolute Gasteiger partial charge is 0.383 e. The summed E-state index contributed by atoms with van der Waals surface area (Å²) in [5, 5.41) is 3.16. The molecule has 0 spiro atoms. The Kier molecular flexibility index (Phi) is 3.40. The van der Waals surface area contributed by atoms with E-state index in [0.717, 1.165) is 28.7 Å². The predicted molar refractivity (Wildman–Crippen MR) is 82.8 cm³/mol. The fraction of sp³-hybridized carbons (Fsp3) is 0.143. The summed E-state index contributed by atoms with van der Waals surface area (Å²) in [6.45, 7) is 0.660. The van der Waals surface area contributed by atoms with Gasteiger partial charge >= 0.3 is 0 Å². The fourth-order valence-corrected chi connectivity index (χ4v) is 2.77. The summed E-state index contributed by atoms with van der Waals surface area (Å²) in [6, 6.07) is 7.52. The number of fused-ring (bicyclic) bond motifs is 1. The van der Waals surface area contributed by atoms with Gasteiger partial charge in [-0.15, -0.1) is 0 Å². The minimum atomic E-state index is -0.0267. The molecule has 1 aromatic carbocycles. The van der Waals surface area contributed by atoms with Crippen molar-refractivity contribution in [2.24, 2.45) is 0 Å². The number of halogens is 2. The highest BCUT2D eigenvalue weighted by Crippen LogP contribution is 2.32. The lowest BCUT2D eigenvalue weighted by atomic mass is 9.95. The number of hydrogen-bond acceptors (Lipinski definition) is 3. The maximum absolute atomic E-state index is 11.7. The lowest BCUT2D eigenvalue weighted by molar-refractivity contribution is 0.0946. The van der Waals surface area contributed by atoms with Gasteiger partial charge in [-0.2, -0.15) is 0 Å². The molecule has 20 heavy (non-hydrogen) atoms. The third-order valence-corrected chi connectivity index (χ3v) is 4.42. The van der Waals surface area contributed by atoms with E-state index in [9.17, 15) is 4.79 Å². The zero-order valence-corrected chi connectivity index (χ0v) is 12.8. The Morgan fingerprint density at radius 3 is 2.90 bits per heavy atom. The first-order chi connectivity index (χ1) is 9.56. The van der Waals surface area contributed by atoms with E-state index in [2.05, 4.69) is 26.2 Å². The smallest absolute Gasteiger partial charge is 0.251 e. The van der Waals surface area contributed by atoms with Crippen LogP contribution in [0, 0.1) is 0 Å². The number of carbonyl (C=O) groups excluding carboxylic acids is 1. The quantitative estimate of drug-likeness (QED) is 0.775. The molecule has 2 heterocycles. The van der Waals surface area contributed by atoms with Gasteiger partial charge in [0, 0.05) is 17.7 Å². The number of carbonyl (C=O) groups is 1. The van der Waals surface area contributed by atoms with Crippen molar-refractivity contribution in [3.8, 4) is 11.1 Å². The second kappa shape index (κ2) is 5.07. The van der Waals surface area contributed by atoms with E-state index in [4.69, 9.17) is 17.3 Å². The average molecular weight is 353 g/mol. The van der Waals surface area contributed by atoms with E-state index < -0.39 is 0 Å². The van der Waals surface area contributed by atoms with Crippen LogP contribution in [-0.2, 0) is 6.42 Å². The molecule has 3 N–H and O–H groups in total. The van der Waals surface area contributed by atoms with Crippen molar-refractivity contribution in [3.63, 3.8) is 0 Å². The van der Waals surface area contributed by atoms with Gasteiger partial charge in [-0.25, -0.2) is 4.98 Å². The Balaban J connectivity index is 2.12. The molecule has 0 bridgehead atoms. The lowest BCUT2D eigenvalue weighted by Gasteiger charge is -2.17. The Hall–Kier alpha value is -1.59. The van der Waals surface area contributed by atoms with Crippen LogP contribution in [0.2, 0.25) is 5.15 Å². The van der Waals surface area contributed by atoms with Crippen LogP contribution in [0.1, 0.15) is 15.9 Å². The summed E-state index contributed by atoms with van der Waals surface area (Å²) in [5.41, 5.74) is 9.41. The van der Waals surface area contributed by atoms with E-state index in [1.165, 1.54) is 0 Å². The van der Waals surface area contributed by atoms with Gasteiger partial charge < -0.3 is 11.1 Å². The van der Waals surface area contributed by atoms with Gasteiger partial charge in [0.05, 0.1) is 4.47 Å². The summed E-state index contributed by atoms with van der Waals surface area (Å²) in [5.74, 6) is 0.347. The van der Waals surface area contributed by atoms with Gasteiger partial charge in [-0.05, 0) is 45.6 Å². The van der Waals surface area contributed by atoms with Crippen molar-refractivity contribution in [2.45, 2.75) is 6.42 Å². The maximum atomic E-state index is 11.7. The van der Waals surface area contributed by atoms with Crippen LogP contribution in [0.15, 0.2) is 28.7 Å². The summed E-state index contributed by atoms with van der Waals surface area (Å²) in [4.78, 5) is 15.8. The molecule has 0 saturated carbocycles. The third kappa shape index (κ3) is 2.27. The van der Waals surface area contributed by atoms with Gasteiger partial charge in [-0.3, -0.25) is 4.79 Å². The zero-order valence-electron chi connectivity index (χ0n) is 10.4. The Labute approximate surface area is 129 Å². The van der Waals surface area contributed by atoms with Gasteiger partial charge in [0.15, 0.2) is 0 Å². The first-order valence-corrected chi connectivity index (χ1v) is 7.26. The van der Waals surface area contributed by atoms with Crippen molar-refractivity contribution < 1.29 is 4.79 Å². The predicted octanol–water partition coefficient (Wildman–Crippen LogP) is 3.03. The average Bonchev–Trinajstić information content (AvgIpc) is 2.43. The van der Waals surface area contributed by atoms with Crippen molar-refractivity contribution in [3.05, 3.63) is 45.0 Å². The number of rotatable bonds is 1.